The van der Waals surface area contributed by atoms with Crippen LogP contribution in [0.1, 0.15) is 43.0 Å². The maximum absolute atomic E-state index is 4.50. The van der Waals surface area contributed by atoms with Gasteiger partial charge in [0.25, 0.3) is 0 Å². The Morgan fingerprint density at radius 3 is 3.00 bits per heavy atom. The zero-order valence-electron chi connectivity index (χ0n) is 11.7. The van der Waals surface area contributed by atoms with Gasteiger partial charge in [0.1, 0.15) is 11.6 Å². The van der Waals surface area contributed by atoms with Crippen LogP contribution in [-0.4, -0.2) is 32.2 Å². The quantitative estimate of drug-likeness (QED) is 0.913. The van der Waals surface area contributed by atoms with Gasteiger partial charge in [0, 0.05) is 24.2 Å². The molecule has 1 aliphatic heterocycles. The molecule has 1 atom stereocenters. The molecule has 2 aromatic rings. The molecule has 0 saturated carbocycles. The van der Waals surface area contributed by atoms with E-state index in [0.29, 0.717) is 6.04 Å². The Balaban J connectivity index is 1.77. The van der Waals surface area contributed by atoms with Gasteiger partial charge in [-0.2, -0.15) is 0 Å². The number of hydrogen-bond acceptors (Lipinski definition) is 4. The van der Waals surface area contributed by atoms with Crippen LogP contribution in [0.4, 0.5) is 0 Å². The van der Waals surface area contributed by atoms with Crippen LogP contribution in [0.15, 0.2) is 6.07 Å². The average Bonchev–Trinajstić information content (AvgIpc) is 2.81. The highest BCUT2D eigenvalue weighted by Crippen LogP contribution is 2.14. The summed E-state index contributed by atoms with van der Waals surface area (Å²) in [5, 5.41) is 12.2. The molecular weight excluding hydrogens is 238 g/mol. The molecule has 0 aromatic carbocycles. The normalized spacial score (nSPS) is 20.0. The van der Waals surface area contributed by atoms with Gasteiger partial charge in [-0.3, -0.25) is 4.40 Å². The monoisotopic (exact) mass is 259 g/mol. The number of fused-ring (bicyclic) bond motifs is 1. The minimum atomic E-state index is 0.639. The van der Waals surface area contributed by atoms with Gasteiger partial charge in [-0.15, -0.1) is 10.2 Å². The number of aryl methyl sites for hydroxylation is 3. The first-order chi connectivity index (χ1) is 9.24. The molecule has 0 bridgehead atoms. The second-order valence-electron chi connectivity index (χ2n) is 5.44. The van der Waals surface area contributed by atoms with Crippen molar-refractivity contribution in [3.63, 3.8) is 0 Å². The van der Waals surface area contributed by atoms with Crippen molar-refractivity contribution in [1.82, 2.24) is 24.9 Å². The minimum Gasteiger partial charge on any atom is -0.314 e. The van der Waals surface area contributed by atoms with Crippen molar-refractivity contribution in [2.75, 3.05) is 6.54 Å². The summed E-state index contributed by atoms with van der Waals surface area (Å²) in [6, 6.07) is 2.63. The molecule has 19 heavy (non-hydrogen) atoms. The molecule has 1 unspecified atom stereocenters. The van der Waals surface area contributed by atoms with E-state index >= 15 is 0 Å². The molecule has 2 aromatic heterocycles. The van der Waals surface area contributed by atoms with Crippen molar-refractivity contribution in [1.29, 1.82) is 0 Å². The van der Waals surface area contributed by atoms with Crippen molar-refractivity contribution in [3.8, 4) is 0 Å². The Labute approximate surface area is 113 Å². The Kier molecular flexibility index (Phi) is 3.46. The van der Waals surface area contributed by atoms with E-state index in [4.69, 9.17) is 0 Å². The molecule has 0 amide bonds. The van der Waals surface area contributed by atoms with E-state index in [0.717, 1.165) is 42.4 Å². The molecule has 3 heterocycles. The molecule has 1 fully saturated rings. The van der Waals surface area contributed by atoms with Gasteiger partial charge in [0.05, 0.1) is 0 Å². The minimum absolute atomic E-state index is 0.639. The topological polar surface area (TPSA) is 55.1 Å². The molecule has 0 aliphatic carbocycles. The third kappa shape index (κ3) is 2.61. The average molecular weight is 259 g/mol. The predicted molar refractivity (Wildman–Crippen MR) is 74.2 cm³/mol. The molecule has 0 spiro atoms. The highest BCUT2D eigenvalue weighted by Gasteiger charge is 2.15. The van der Waals surface area contributed by atoms with Crippen molar-refractivity contribution < 1.29 is 0 Å². The van der Waals surface area contributed by atoms with E-state index in [1.807, 2.05) is 19.9 Å². The molecule has 1 saturated heterocycles. The first-order valence-electron chi connectivity index (χ1n) is 7.15. The van der Waals surface area contributed by atoms with Gasteiger partial charge in [-0.1, -0.05) is 6.42 Å². The van der Waals surface area contributed by atoms with Gasteiger partial charge < -0.3 is 5.32 Å². The van der Waals surface area contributed by atoms with Crippen LogP contribution >= 0.6 is 0 Å². The van der Waals surface area contributed by atoms with Crippen molar-refractivity contribution >= 4 is 5.65 Å². The van der Waals surface area contributed by atoms with E-state index in [1.54, 1.807) is 0 Å². The molecule has 5 nitrogen and oxygen atoms in total. The van der Waals surface area contributed by atoms with Gasteiger partial charge in [-0.25, -0.2) is 4.98 Å². The summed E-state index contributed by atoms with van der Waals surface area (Å²) < 4.78 is 2.08. The second kappa shape index (κ2) is 5.25. The third-order valence-corrected chi connectivity index (χ3v) is 3.88. The van der Waals surface area contributed by atoms with Gasteiger partial charge in [0.15, 0.2) is 5.65 Å². The Morgan fingerprint density at radius 1 is 1.32 bits per heavy atom. The Bertz CT molecular complexity index is 568. The molecule has 102 valence electrons. The lowest BCUT2D eigenvalue weighted by atomic mass is 10.0. The van der Waals surface area contributed by atoms with Crippen LogP contribution in [0.5, 0.6) is 0 Å². The fraction of sp³-hybridized carbons (Fsp3) is 0.643. The van der Waals surface area contributed by atoms with Crippen LogP contribution in [0.3, 0.4) is 0 Å². The van der Waals surface area contributed by atoms with Gasteiger partial charge in [-0.05, 0) is 39.7 Å². The number of piperidine rings is 1. The first-order valence-corrected chi connectivity index (χ1v) is 7.15. The fourth-order valence-electron chi connectivity index (χ4n) is 2.94. The highest BCUT2D eigenvalue weighted by molar-refractivity contribution is 5.39. The van der Waals surface area contributed by atoms with Crippen LogP contribution in [0, 0.1) is 13.8 Å². The molecule has 1 N–H and O–H groups in total. The highest BCUT2D eigenvalue weighted by atomic mass is 15.3. The second-order valence-corrected chi connectivity index (χ2v) is 5.44. The van der Waals surface area contributed by atoms with Gasteiger partial charge >= 0.3 is 0 Å². The zero-order valence-corrected chi connectivity index (χ0v) is 11.7. The van der Waals surface area contributed by atoms with Gasteiger partial charge in [0.2, 0.25) is 0 Å². The lowest BCUT2D eigenvalue weighted by Crippen LogP contribution is -2.34. The van der Waals surface area contributed by atoms with Crippen molar-refractivity contribution in [3.05, 3.63) is 23.4 Å². The lowest BCUT2D eigenvalue weighted by molar-refractivity contribution is 0.380. The standard InChI is InChI=1S/C14H21N5/c1-10-9-14-18-17-13(19(14)11(2)16-10)7-6-12-5-3-4-8-15-12/h9,12,15H,3-8H2,1-2H3. The number of hydrogen-bond donors (Lipinski definition) is 1. The van der Waals surface area contributed by atoms with Crippen molar-refractivity contribution in [2.45, 2.75) is 52.0 Å². The summed E-state index contributed by atoms with van der Waals surface area (Å²) in [5.41, 5.74) is 1.91. The zero-order chi connectivity index (χ0) is 13.2. The molecular formula is C14H21N5. The van der Waals surface area contributed by atoms with E-state index in [1.165, 1.54) is 19.3 Å². The van der Waals surface area contributed by atoms with E-state index in [-0.39, 0.29) is 0 Å². The van der Waals surface area contributed by atoms with Crippen LogP contribution < -0.4 is 5.32 Å². The summed E-state index contributed by atoms with van der Waals surface area (Å²) in [5.74, 6) is 2.01. The fourth-order valence-corrected chi connectivity index (χ4v) is 2.94. The summed E-state index contributed by atoms with van der Waals surface area (Å²) in [4.78, 5) is 4.50. The summed E-state index contributed by atoms with van der Waals surface area (Å²) in [6.45, 7) is 5.17. The number of nitrogens with one attached hydrogen (secondary N) is 1. The number of aromatic nitrogens is 4. The smallest absolute Gasteiger partial charge is 0.164 e. The van der Waals surface area contributed by atoms with E-state index < -0.39 is 0 Å². The summed E-state index contributed by atoms with van der Waals surface area (Å²) >= 11 is 0. The SMILES string of the molecule is Cc1cc2nnc(CCC3CCCCN3)n2c(C)n1. The molecule has 3 rings (SSSR count). The number of rotatable bonds is 3. The largest absolute Gasteiger partial charge is 0.314 e. The third-order valence-electron chi connectivity index (χ3n) is 3.88. The predicted octanol–water partition coefficient (Wildman–Crippen LogP) is 1.82. The Morgan fingerprint density at radius 2 is 2.21 bits per heavy atom. The maximum Gasteiger partial charge on any atom is 0.164 e. The summed E-state index contributed by atoms with van der Waals surface area (Å²) in [6.07, 6.45) is 6.04. The van der Waals surface area contributed by atoms with Crippen LogP contribution in [0.2, 0.25) is 0 Å². The van der Waals surface area contributed by atoms with Crippen LogP contribution in [-0.2, 0) is 6.42 Å². The number of nitrogens with zero attached hydrogens (tertiary/aromatic N) is 4. The van der Waals surface area contributed by atoms with Crippen molar-refractivity contribution in [2.24, 2.45) is 0 Å². The first kappa shape index (κ1) is 12.5. The maximum atomic E-state index is 4.50. The van der Waals surface area contributed by atoms with E-state index in [2.05, 4.69) is 24.9 Å². The lowest BCUT2D eigenvalue weighted by Gasteiger charge is -2.22. The van der Waals surface area contributed by atoms with Crippen LogP contribution in [0.25, 0.3) is 5.65 Å². The molecule has 5 heteroatoms. The molecule has 0 radical (unpaired) electrons. The molecule has 1 aliphatic rings. The summed E-state index contributed by atoms with van der Waals surface area (Å²) in [7, 11) is 0. The Hall–Kier alpha value is -1.49. The van der Waals surface area contributed by atoms with E-state index in [9.17, 15) is 0 Å².